The van der Waals surface area contributed by atoms with Gasteiger partial charge in [-0.2, -0.15) is 0 Å². The summed E-state index contributed by atoms with van der Waals surface area (Å²) in [4.78, 5) is 4.67. The highest BCUT2D eigenvalue weighted by molar-refractivity contribution is 6.62. The second-order valence-electron chi connectivity index (χ2n) is 9.73. The van der Waals surface area contributed by atoms with Crippen LogP contribution in [0.1, 0.15) is 27.7 Å². The highest BCUT2D eigenvalue weighted by Gasteiger charge is 2.51. The van der Waals surface area contributed by atoms with Gasteiger partial charge in [-0.1, -0.05) is 54.6 Å². The quantitative estimate of drug-likeness (QED) is 0.331. The van der Waals surface area contributed by atoms with Crippen LogP contribution in [-0.4, -0.2) is 23.3 Å². The topological polar surface area (TPSA) is 31.4 Å². The fourth-order valence-corrected chi connectivity index (χ4v) is 4.12. The van der Waals surface area contributed by atoms with Gasteiger partial charge in [-0.05, 0) is 85.7 Å². The first-order chi connectivity index (χ1) is 16.2. The van der Waals surface area contributed by atoms with Gasteiger partial charge < -0.3 is 9.31 Å². The maximum Gasteiger partial charge on any atom is 0.494 e. The van der Waals surface area contributed by atoms with Crippen LogP contribution in [0.15, 0.2) is 91.1 Å². The van der Waals surface area contributed by atoms with Crippen molar-refractivity contribution in [3.63, 3.8) is 0 Å². The number of aromatic nitrogens is 1. The summed E-state index contributed by atoms with van der Waals surface area (Å²) in [5, 5.41) is 0. The molecular formula is C29H27BFNO2. The standard InChI is InChI=1S/C29H27BFNO2/c1-28(2)29(3,4)34-30(33-28)25-17-23(21-10-12-26(31)13-11-21)16-24(18-25)27-19-22(14-15-32-27)20-8-6-5-7-9-20/h5-19H,1-4H3. The molecule has 3 nitrogen and oxygen atoms in total. The monoisotopic (exact) mass is 451 g/mol. The average Bonchev–Trinajstić information content (AvgIpc) is 3.06. The highest BCUT2D eigenvalue weighted by atomic mass is 19.1. The van der Waals surface area contributed by atoms with E-state index >= 15 is 0 Å². The maximum atomic E-state index is 13.6. The fourth-order valence-electron chi connectivity index (χ4n) is 4.12. The number of hydrogen-bond acceptors (Lipinski definition) is 3. The Hall–Kier alpha value is -3.28. The second-order valence-corrected chi connectivity index (χ2v) is 9.73. The molecule has 1 aromatic heterocycles. The number of hydrogen-bond donors (Lipinski definition) is 0. The predicted molar refractivity (Wildman–Crippen MR) is 136 cm³/mol. The van der Waals surface area contributed by atoms with Gasteiger partial charge in [0.2, 0.25) is 0 Å². The third-order valence-electron chi connectivity index (χ3n) is 6.82. The average molecular weight is 451 g/mol. The lowest BCUT2D eigenvalue weighted by molar-refractivity contribution is 0.00578. The summed E-state index contributed by atoms with van der Waals surface area (Å²) in [6.07, 6.45) is 1.83. The molecule has 1 aliphatic rings. The summed E-state index contributed by atoms with van der Waals surface area (Å²) in [7, 11) is -0.513. The van der Waals surface area contributed by atoms with Crippen molar-refractivity contribution in [3.05, 3.63) is 96.9 Å². The molecule has 0 bridgehead atoms. The van der Waals surface area contributed by atoms with Gasteiger partial charge in [0.05, 0.1) is 16.9 Å². The van der Waals surface area contributed by atoms with Gasteiger partial charge in [-0.25, -0.2) is 4.39 Å². The number of pyridine rings is 1. The van der Waals surface area contributed by atoms with Gasteiger partial charge in [-0.3, -0.25) is 4.98 Å². The van der Waals surface area contributed by atoms with Crippen molar-refractivity contribution in [1.82, 2.24) is 4.98 Å². The molecule has 5 rings (SSSR count). The Labute approximate surface area is 200 Å². The fraction of sp³-hybridized carbons (Fsp3) is 0.207. The van der Waals surface area contributed by atoms with E-state index in [1.165, 1.54) is 12.1 Å². The van der Waals surface area contributed by atoms with Gasteiger partial charge in [-0.15, -0.1) is 0 Å². The molecule has 4 aromatic rings. The van der Waals surface area contributed by atoms with E-state index < -0.39 is 18.3 Å². The van der Waals surface area contributed by atoms with Crippen LogP contribution in [0.5, 0.6) is 0 Å². The van der Waals surface area contributed by atoms with Crippen LogP contribution in [-0.2, 0) is 9.31 Å². The van der Waals surface area contributed by atoms with Crippen molar-refractivity contribution in [2.45, 2.75) is 38.9 Å². The molecule has 5 heteroatoms. The molecule has 1 fully saturated rings. The lowest BCUT2D eigenvalue weighted by atomic mass is 9.76. The Morgan fingerprint density at radius 3 is 1.94 bits per heavy atom. The highest BCUT2D eigenvalue weighted by Crippen LogP contribution is 2.37. The van der Waals surface area contributed by atoms with Crippen LogP contribution in [0.3, 0.4) is 0 Å². The van der Waals surface area contributed by atoms with Crippen LogP contribution in [0, 0.1) is 5.82 Å². The van der Waals surface area contributed by atoms with Crippen LogP contribution in [0.2, 0.25) is 0 Å². The predicted octanol–water partition coefficient (Wildman–Crippen LogP) is 6.52. The van der Waals surface area contributed by atoms with Gasteiger partial charge >= 0.3 is 7.12 Å². The van der Waals surface area contributed by atoms with Gasteiger partial charge in [0.15, 0.2) is 0 Å². The molecule has 170 valence electrons. The van der Waals surface area contributed by atoms with E-state index in [0.717, 1.165) is 39.0 Å². The van der Waals surface area contributed by atoms with Gasteiger partial charge in [0.25, 0.3) is 0 Å². The first-order valence-electron chi connectivity index (χ1n) is 11.5. The van der Waals surface area contributed by atoms with Crippen molar-refractivity contribution in [2.75, 3.05) is 0 Å². The van der Waals surface area contributed by atoms with E-state index in [0.29, 0.717) is 0 Å². The van der Waals surface area contributed by atoms with Gasteiger partial charge in [0, 0.05) is 11.8 Å². The van der Waals surface area contributed by atoms with E-state index in [1.807, 2.05) is 58.2 Å². The molecule has 0 radical (unpaired) electrons. The largest absolute Gasteiger partial charge is 0.494 e. The van der Waals surface area contributed by atoms with E-state index in [-0.39, 0.29) is 5.82 Å². The maximum absolute atomic E-state index is 13.6. The molecule has 0 N–H and O–H groups in total. The summed E-state index contributed by atoms with van der Waals surface area (Å²) in [6, 6.07) is 27.1. The first-order valence-corrected chi connectivity index (χ1v) is 11.5. The van der Waals surface area contributed by atoms with Crippen molar-refractivity contribution in [1.29, 1.82) is 0 Å². The lowest BCUT2D eigenvalue weighted by Crippen LogP contribution is -2.41. The van der Waals surface area contributed by atoms with E-state index in [1.54, 1.807) is 12.1 Å². The summed E-state index contributed by atoms with van der Waals surface area (Å²) in [5.41, 5.74) is 5.90. The molecule has 1 aliphatic heterocycles. The van der Waals surface area contributed by atoms with E-state index in [9.17, 15) is 4.39 Å². The Morgan fingerprint density at radius 2 is 1.26 bits per heavy atom. The molecule has 0 amide bonds. The third kappa shape index (κ3) is 4.29. The molecule has 3 aromatic carbocycles. The second kappa shape index (κ2) is 8.50. The summed E-state index contributed by atoms with van der Waals surface area (Å²) >= 11 is 0. The van der Waals surface area contributed by atoms with Crippen molar-refractivity contribution in [3.8, 4) is 33.5 Å². The van der Waals surface area contributed by atoms with Crippen LogP contribution < -0.4 is 5.46 Å². The van der Waals surface area contributed by atoms with Crippen molar-refractivity contribution in [2.24, 2.45) is 0 Å². The zero-order valence-electron chi connectivity index (χ0n) is 19.9. The summed E-state index contributed by atoms with van der Waals surface area (Å²) < 4.78 is 26.3. The Kier molecular flexibility index (Phi) is 5.63. The Bertz CT molecular complexity index is 1300. The molecule has 2 heterocycles. The van der Waals surface area contributed by atoms with E-state index in [2.05, 4.69) is 41.4 Å². The van der Waals surface area contributed by atoms with Gasteiger partial charge in [0.1, 0.15) is 5.82 Å². The molecule has 34 heavy (non-hydrogen) atoms. The Morgan fingerprint density at radius 1 is 0.647 bits per heavy atom. The minimum absolute atomic E-state index is 0.261. The molecule has 0 atom stereocenters. The number of halogens is 1. The van der Waals surface area contributed by atoms with E-state index in [4.69, 9.17) is 9.31 Å². The normalized spacial score (nSPS) is 16.6. The minimum Gasteiger partial charge on any atom is -0.399 e. The van der Waals surface area contributed by atoms with Crippen LogP contribution in [0.4, 0.5) is 4.39 Å². The number of nitrogens with zero attached hydrogens (tertiary/aromatic N) is 1. The SMILES string of the molecule is CC1(C)OB(c2cc(-c3ccc(F)cc3)cc(-c3cc(-c4ccccc4)ccn3)c2)OC1(C)C. The zero-order valence-corrected chi connectivity index (χ0v) is 19.9. The number of benzene rings is 3. The third-order valence-corrected chi connectivity index (χ3v) is 6.82. The first kappa shape index (κ1) is 22.5. The zero-order chi connectivity index (χ0) is 23.9. The molecule has 0 aliphatic carbocycles. The minimum atomic E-state index is -0.513. The van der Waals surface area contributed by atoms with Crippen LogP contribution in [0.25, 0.3) is 33.5 Å². The summed E-state index contributed by atoms with van der Waals surface area (Å²) in [5.74, 6) is -0.261. The van der Waals surface area contributed by atoms with Crippen LogP contribution >= 0.6 is 0 Å². The molecule has 0 spiro atoms. The van der Waals surface area contributed by atoms with Crippen molar-refractivity contribution < 1.29 is 13.7 Å². The summed E-state index contributed by atoms with van der Waals surface area (Å²) in [6.45, 7) is 8.18. The Balaban J connectivity index is 1.62. The molecule has 0 saturated carbocycles. The molecule has 1 saturated heterocycles. The lowest BCUT2D eigenvalue weighted by Gasteiger charge is -2.32. The smallest absolute Gasteiger partial charge is 0.399 e. The molecular weight excluding hydrogens is 424 g/mol. The number of rotatable bonds is 4. The molecule has 0 unspecified atom stereocenters. The van der Waals surface area contributed by atoms with Crippen molar-refractivity contribution >= 4 is 12.6 Å².